The number of hydrogen-bond acceptors (Lipinski definition) is 3. The van der Waals surface area contributed by atoms with Crippen molar-refractivity contribution in [1.29, 1.82) is 0 Å². The van der Waals surface area contributed by atoms with Crippen molar-refractivity contribution in [3.8, 4) is 0 Å². The fourth-order valence-electron chi connectivity index (χ4n) is 4.93. The number of amides is 2. The summed E-state index contributed by atoms with van der Waals surface area (Å²) in [5, 5.41) is 3.70. The van der Waals surface area contributed by atoms with E-state index >= 15 is 0 Å². The van der Waals surface area contributed by atoms with E-state index in [0.29, 0.717) is 37.6 Å². The van der Waals surface area contributed by atoms with Crippen LogP contribution < -0.4 is 10.2 Å². The van der Waals surface area contributed by atoms with E-state index in [1.165, 1.54) is 0 Å². The van der Waals surface area contributed by atoms with Gasteiger partial charge in [0.05, 0.1) is 12.1 Å². The number of hydrogen-bond donors (Lipinski definition) is 1. The number of rotatable bonds is 3. The van der Waals surface area contributed by atoms with Crippen LogP contribution in [-0.2, 0) is 15.0 Å². The lowest BCUT2D eigenvalue weighted by Crippen LogP contribution is -2.58. The molecule has 0 atom stereocenters. The summed E-state index contributed by atoms with van der Waals surface area (Å²) in [6.45, 7) is 1.72. The van der Waals surface area contributed by atoms with E-state index in [9.17, 15) is 9.59 Å². The molecule has 2 heterocycles. The molecular weight excluding hydrogens is 386 g/mol. The van der Waals surface area contributed by atoms with Crippen LogP contribution in [-0.4, -0.2) is 42.0 Å². The molecular formula is C23H24ClN3O2. The molecule has 6 heteroatoms. The summed E-state index contributed by atoms with van der Waals surface area (Å²) in [5.74, 6) is 0.270. The van der Waals surface area contributed by atoms with Gasteiger partial charge >= 0.3 is 0 Å². The first-order chi connectivity index (χ1) is 14.1. The molecule has 1 N–H and O–H groups in total. The van der Waals surface area contributed by atoms with E-state index < -0.39 is 11.0 Å². The van der Waals surface area contributed by atoms with Crippen LogP contribution in [0.25, 0.3) is 0 Å². The highest BCUT2D eigenvalue weighted by atomic mass is 35.5. The topological polar surface area (TPSA) is 52.7 Å². The van der Waals surface area contributed by atoms with Crippen molar-refractivity contribution in [2.75, 3.05) is 24.7 Å². The first kappa shape index (κ1) is 18.5. The number of para-hydroxylation sites is 1. The fraction of sp³-hybridized carbons (Fsp3) is 0.391. The van der Waals surface area contributed by atoms with Gasteiger partial charge in [-0.2, -0.15) is 0 Å². The minimum absolute atomic E-state index is 0.0762. The molecule has 150 valence electrons. The molecule has 1 saturated carbocycles. The largest absolute Gasteiger partial charge is 0.342 e. The molecule has 5 rings (SSSR count). The van der Waals surface area contributed by atoms with Gasteiger partial charge < -0.3 is 15.1 Å². The number of carbonyl (C=O) groups is 2. The second-order valence-electron chi connectivity index (χ2n) is 8.34. The maximum Gasteiger partial charge on any atom is 0.247 e. The number of nitrogens with zero attached hydrogens (tertiary/aromatic N) is 2. The normalized spacial score (nSPS) is 21.9. The highest BCUT2D eigenvalue weighted by Crippen LogP contribution is 2.50. The van der Waals surface area contributed by atoms with Crippen LogP contribution >= 0.6 is 11.6 Å². The predicted octanol–water partition coefficient (Wildman–Crippen LogP) is 3.33. The minimum atomic E-state index is -0.560. The summed E-state index contributed by atoms with van der Waals surface area (Å²) < 4.78 is 0. The highest BCUT2D eigenvalue weighted by molar-refractivity contribution is 6.30. The van der Waals surface area contributed by atoms with Gasteiger partial charge in [0.15, 0.2) is 0 Å². The average molecular weight is 410 g/mol. The SMILES string of the molecule is O=C(N1CCC2(CC1)C(=O)NCN2c1ccccc1)C1(c2ccc(Cl)cc2)CC1. The second kappa shape index (κ2) is 6.77. The Morgan fingerprint density at radius 3 is 2.21 bits per heavy atom. The van der Waals surface area contributed by atoms with E-state index in [1.54, 1.807) is 0 Å². The number of piperidine rings is 1. The summed E-state index contributed by atoms with van der Waals surface area (Å²) in [6.07, 6.45) is 3.06. The summed E-state index contributed by atoms with van der Waals surface area (Å²) >= 11 is 6.02. The molecule has 3 aliphatic rings. The van der Waals surface area contributed by atoms with Crippen LogP contribution in [0.2, 0.25) is 5.02 Å². The molecule has 29 heavy (non-hydrogen) atoms. The number of anilines is 1. The summed E-state index contributed by atoms with van der Waals surface area (Å²) in [7, 11) is 0. The molecule has 1 spiro atoms. The van der Waals surface area contributed by atoms with Crippen LogP contribution in [0, 0.1) is 0 Å². The van der Waals surface area contributed by atoms with Crippen LogP contribution in [0.5, 0.6) is 0 Å². The Morgan fingerprint density at radius 1 is 0.931 bits per heavy atom. The molecule has 2 aliphatic heterocycles. The predicted molar refractivity (Wildman–Crippen MR) is 113 cm³/mol. The van der Waals surface area contributed by atoms with Gasteiger partial charge in [-0.25, -0.2) is 0 Å². The molecule has 1 aliphatic carbocycles. The quantitative estimate of drug-likeness (QED) is 0.846. The Hall–Kier alpha value is -2.53. The average Bonchev–Trinajstić information content (AvgIpc) is 3.51. The standard InChI is InChI=1S/C23H24ClN3O2/c24-18-8-6-17(7-9-18)22(10-11-22)21(29)26-14-12-23(13-15-26)20(28)25-16-27(23)19-4-2-1-3-5-19/h1-9H,10-16H2,(H,25,28). The van der Waals surface area contributed by atoms with Gasteiger partial charge in [0.25, 0.3) is 0 Å². The lowest BCUT2D eigenvalue weighted by molar-refractivity contribution is -0.137. The zero-order valence-corrected chi connectivity index (χ0v) is 17.0. The van der Waals surface area contributed by atoms with Gasteiger partial charge in [-0.05, 0) is 55.5 Å². The Labute approximate surface area is 175 Å². The van der Waals surface area contributed by atoms with E-state index in [-0.39, 0.29) is 11.8 Å². The number of halogens is 1. The molecule has 2 aromatic rings. The van der Waals surface area contributed by atoms with Gasteiger partial charge in [0, 0.05) is 23.8 Å². The highest BCUT2D eigenvalue weighted by Gasteiger charge is 2.56. The van der Waals surface area contributed by atoms with E-state index in [2.05, 4.69) is 10.2 Å². The maximum atomic E-state index is 13.4. The molecule has 3 fully saturated rings. The third kappa shape index (κ3) is 2.91. The Balaban J connectivity index is 1.34. The molecule has 5 nitrogen and oxygen atoms in total. The van der Waals surface area contributed by atoms with Gasteiger partial charge in [-0.15, -0.1) is 0 Å². The van der Waals surface area contributed by atoms with Gasteiger partial charge in [-0.1, -0.05) is 41.9 Å². The van der Waals surface area contributed by atoms with Gasteiger partial charge in [0.2, 0.25) is 11.8 Å². The number of carbonyl (C=O) groups excluding carboxylic acids is 2. The van der Waals surface area contributed by atoms with E-state index in [4.69, 9.17) is 11.6 Å². The van der Waals surface area contributed by atoms with Crippen LogP contribution in [0.4, 0.5) is 5.69 Å². The Bertz CT molecular complexity index is 932. The summed E-state index contributed by atoms with van der Waals surface area (Å²) in [4.78, 5) is 30.3. The van der Waals surface area contributed by atoms with E-state index in [1.807, 2.05) is 59.5 Å². The zero-order chi connectivity index (χ0) is 20.1. The lowest BCUT2D eigenvalue weighted by Gasteiger charge is -2.44. The molecule has 2 amide bonds. The molecule has 0 aromatic heterocycles. The molecule has 0 unspecified atom stereocenters. The van der Waals surface area contributed by atoms with Crippen LogP contribution in [0.3, 0.4) is 0 Å². The minimum Gasteiger partial charge on any atom is -0.342 e. The van der Waals surface area contributed by atoms with Gasteiger partial charge in [0.1, 0.15) is 5.54 Å². The zero-order valence-electron chi connectivity index (χ0n) is 16.2. The van der Waals surface area contributed by atoms with Crippen molar-refractivity contribution in [3.05, 3.63) is 65.2 Å². The monoisotopic (exact) mass is 409 g/mol. The second-order valence-corrected chi connectivity index (χ2v) is 8.78. The maximum absolute atomic E-state index is 13.4. The van der Waals surface area contributed by atoms with Crippen molar-refractivity contribution >= 4 is 29.1 Å². The lowest BCUT2D eigenvalue weighted by atomic mass is 9.84. The van der Waals surface area contributed by atoms with Crippen molar-refractivity contribution in [3.63, 3.8) is 0 Å². The summed E-state index contributed by atoms with van der Waals surface area (Å²) in [6, 6.07) is 17.7. The first-order valence-electron chi connectivity index (χ1n) is 10.2. The number of nitrogens with one attached hydrogen (secondary N) is 1. The van der Waals surface area contributed by atoms with Crippen LogP contribution in [0.15, 0.2) is 54.6 Å². The van der Waals surface area contributed by atoms with E-state index in [0.717, 1.165) is 24.1 Å². The molecule has 0 radical (unpaired) electrons. The van der Waals surface area contributed by atoms with Crippen molar-refractivity contribution < 1.29 is 9.59 Å². The fourth-order valence-corrected chi connectivity index (χ4v) is 5.06. The van der Waals surface area contributed by atoms with Gasteiger partial charge in [-0.3, -0.25) is 9.59 Å². The molecule has 0 bridgehead atoms. The van der Waals surface area contributed by atoms with Crippen molar-refractivity contribution in [1.82, 2.24) is 10.2 Å². The summed E-state index contributed by atoms with van der Waals surface area (Å²) in [5.41, 5.74) is 1.14. The third-order valence-corrected chi connectivity index (χ3v) is 7.09. The van der Waals surface area contributed by atoms with Crippen molar-refractivity contribution in [2.45, 2.75) is 36.6 Å². The van der Waals surface area contributed by atoms with Crippen molar-refractivity contribution in [2.24, 2.45) is 0 Å². The number of likely N-dealkylation sites (tertiary alicyclic amines) is 1. The molecule has 2 aromatic carbocycles. The number of benzene rings is 2. The van der Waals surface area contributed by atoms with Crippen LogP contribution in [0.1, 0.15) is 31.2 Å². The smallest absolute Gasteiger partial charge is 0.247 e. The molecule has 2 saturated heterocycles. The third-order valence-electron chi connectivity index (χ3n) is 6.84. The Kier molecular flexibility index (Phi) is 4.32. The Morgan fingerprint density at radius 2 is 1.59 bits per heavy atom. The first-order valence-corrected chi connectivity index (χ1v) is 10.6.